The standard InChI is InChI=1S/C12H25.2C4H9.Sn/c1-4-7-10-12(9-6-3)11-8-5-2;2*1-3-4-2;/h4-11H2,1-3H3;2*1,3-4H2,2H3;. The fraction of sp³-hybridized carbons (Fsp3) is 1.00. The number of hydrogen-bond acceptors (Lipinski definition) is 0. The summed E-state index contributed by atoms with van der Waals surface area (Å²) in [7, 11) is 0. The van der Waals surface area contributed by atoms with Gasteiger partial charge in [-0.3, -0.25) is 0 Å². The Morgan fingerprint density at radius 2 is 0.952 bits per heavy atom. The van der Waals surface area contributed by atoms with Gasteiger partial charge in [0.05, 0.1) is 0 Å². The van der Waals surface area contributed by atoms with Crippen LogP contribution in [0, 0.1) is 0 Å². The van der Waals surface area contributed by atoms with E-state index in [2.05, 4.69) is 34.6 Å². The van der Waals surface area contributed by atoms with Gasteiger partial charge in [0.1, 0.15) is 0 Å². The van der Waals surface area contributed by atoms with Crippen molar-refractivity contribution in [3.63, 3.8) is 0 Å². The molecule has 1 heteroatoms. The molecule has 0 aliphatic carbocycles. The third kappa shape index (κ3) is 8.86. The predicted octanol–water partition coefficient (Wildman–Crippen LogP) is 8.00. The molecule has 0 aliphatic rings. The van der Waals surface area contributed by atoms with Gasteiger partial charge in [-0.15, -0.1) is 0 Å². The molecule has 127 valence electrons. The van der Waals surface area contributed by atoms with Gasteiger partial charge >= 0.3 is 144 Å². The van der Waals surface area contributed by atoms with Crippen molar-refractivity contribution in [3.8, 4) is 0 Å². The molecule has 0 amide bonds. The molecular weight excluding hydrogens is 359 g/mol. The monoisotopic (exact) mass is 403 g/mol. The molecule has 0 unspecified atom stereocenters. The second kappa shape index (κ2) is 14.4. The zero-order chi connectivity index (χ0) is 16.0. The zero-order valence-electron chi connectivity index (χ0n) is 15.9. The Bertz CT molecular complexity index is 196. The number of rotatable bonds is 15. The Morgan fingerprint density at radius 3 is 1.29 bits per heavy atom. The zero-order valence-corrected chi connectivity index (χ0v) is 18.8. The fourth-order valence-electron chi connectivity index (χ4n) is 3.85. The molecule has 21 heavy (non-hydrogen) atoms. The molecule has 0 nitrogen and oxygen atoms in total. The third-order valence-corrected chi connectivity index (χ3v) is 17.0. The van der Waals surface area contributed by atoms with Crippen molar-refractivity contribution in [1.82, 2.24) is 0 Å². The van der Waals surface area contributed by atoms with Gasteiger partial charge in [-0.25, -0.2) is 0 Å². The summed E-state index contributed by atoms with van der Waals surface area (Å²) in [6.07, 6.45) is 17.8. The van der Waals surface area contributed by atoms with Crippen molar-refractivity contribution in [2.24, 2.45) is 0 Å². The Kier molecular flexibility index (Phi) is 14.9. The summed E-state index contributed by atoms with van der Waals surface area (Å²) >= 11 is -1.26. The van der Waals surface area contributed by atoms with E-state index in [0.29, 0.717) is 0 Å². The maximum absolute atomic E-state index is 2.44. The van der Waals surface area contributed by atoms with Crippen LogP contribution in [-0.2, 0) is 0 Å². The Morgan fingerprint density at radius 1 is 0.524 bits per heavy atom. The summed E-state index contributed by atoms with van der Waals surface area (Å²) in [4.78, 5) is 0. The van der Waals surface area contributed by atoms with Gasteiger partial charge in [-0.2, -0.15) is 0 Å². The molecule has 0 aliphatic heterocycles. The molecule has 0 spiro atoms. The Labute approximate surface area is 143 Å². The van der Waals surface area contributed by atoms with Crippen molar-refractivity contribution < 1.29 is 0 Å². The minimum absolute atomic E-state index is 0.868. The molecule has 0 saturated heterocycles. The molecule has 0 rings (SSSR count). The number of unbranched alkanes of at least 4 members (excludes halogenated alkanes) is 4. The molecular formula is C20H43Sn. The van der Waals surface area contributed by atoms with Crippen LogP contribution in [0.4, 0.5) is 0 Å². The summed E-state index contributed by atoms with van der Waals surface area (Å²) in [5.74, 6) is 0. The van der Waals surface area contributed by atoms with E-state index in [1.807, 2.05) is 0 Å². The van der Waals surface area contributed by atoms with Crippen LogP contribution in [-0.4, -0.2) is 19.8 Å². The van der Waals surface area contributed by atoms with Crippen molar-refractivity contribution in [1.29, 1.82) is 0 Å². The molecule has 1 radical (unpaired) electrons. The Hall–Kier alpha value is 0.799. The fourth-order valence-corrected chi connectivity index (χ4v) is 16.8. The maximum atomic E-state index is 2.44. The van der Waals surface area contributed by atoms with Gasteiger partial charge < -0.3 is 0 Å². The first-order valence-corrected chi connectivity index (χ1v) is 15.5. The van der Waals surface area contributed by atoms with E-state index < -0.39 is 19.8 Å². The quantitative estimate of drug-likeness (QED) is 0.244. The molecule has 0 fully saturated rings. The van der Waals surface area contributed by atoms with Crippen molar-refractivity contribution >= 4 is 19.8 Å². The average Bonchev–Trinajstić information content (AvgIpc) is 2.50. The summed E-state index contributed by atoms with van der Waals surface area (Å²) < 4.78 is 4.24. The van der Waals surface area contributed by atoms with Crippen LogP contribution in [0.1, 0.15) is 112 Å². The van der Waals surface area contributed by atoms with Crippen LogP contribution in [0.25, 0.3) is 0 Å². The predicted molar refractivity (Wildman–Crippen MR) is 102 cm³/mol. The van der Waals surface area contributed by atoms with E-state index in [9.17, 15) is 0 Å². The van der Waals surface area contributed by atoms with E-state index in [0.717, 1.165) is 3.43 Å². The summed E-state index contributed by atoms with van der Waals surface area (Å²) in [5, 5.41) is 0. The van der Waals surface area contributed by atoms with E-state index in [-0.39, 0.29) is 0 Å². The van der Waals surface area contributed by atoms with Crippen molar-refractivity contribution in [2.75, 3.05) is 0 Å². The van der Waals surface area contributed by atoms with E-state index in [1.54, 1.807) is 28.1 Å². The van der Waals surface area contributed by atoms with Gasteiger partial charge in [0.25, 0.3) is 0 Å². The summed E-state index contributed by atoms with van der Waals surface area (Å²) in [6, 6.07) is 0. The van der Waals surface area contributed by atoms with Crippen molar-refractivity contribution in [3.05, 3.63) is 0 Å². The molecule has 0 bridgehead atoms. The van der Waals surface area contributed by atoms with Gasteiger partial charge in [0.2, 0.25) is 0 Å². The first-order chi connectivity index (χ1) is 10.2. The second-order valence-corrected chi connectivity index (χ2v) is 16.4. The number of hydrogen-bond donors (Lipinski definition) is 0. The molecule has 0 aromatic rings. The van der Waals surface area contributed by atoms with Gasteiger partial charge in [-0.05, 0) is 0 Å². The molecule has 0 heterocycles. The van der Waals surface area contributed by atoms with Crippen LogP contribution < -0.4 is 0 Å². The third-order valence-electron chi connectivity index (χ3n) is 5.16. The summed E-state index contributed by atoms with van der Waals surface area (Å²) in [6.45, 7) is 12.0. The van der Waals surface area contributed by atoms with E-state index in [4.69, 9.17) is 0 Å². The van der Waals surface area contributed by atoms with E-state index in [1.165, 1.54) is 57.8 Å². The minimum atomic E-state index is -1.26. The first-order valence-electron chi connectivity index (χ1n) is 10.1. The molecule has 0 aromatic carbocycles. The first kappa shape index (κ1) is 21.8. The molecule has 0 saturated carbocycles. The van der Waals surface area contributed by atoms with Gasteiger partial charge in [-0.1, -0.05) is 0 Å². The van der Waals surface area contributed by atoms with E-state index >= 15 is 0 Å². The Balaban J connectivity index is 5.05. The normalized spacial score (nSPS) is 12.3. The molecule has 0 aromatic heterocycles. The molecule has 0 N–H and O–H groups in total. The van der Waals surface area contributed by atoms with Crippen LogP contribution >= 0.6 is 0 Å². The van der Waals surface area contributed by atoms with Crippen LogP contribution in [0.5, 0.6) is 0 Å². The van der Waals surface area contributed by atoms with Gasteiger partial charge in [0.15, 0.2) is 0 Å². The van der Waals surface area contributed by atoms with Gasteiger partial charge in [0, 0.05) is 0 Å². The van der Waals surface area contributed by atoms with Crippen molar-refractivity contribution in [2.45, 2.75) is 124 Å². The molecule has 0 atom stereocenters. The summed E-state index contributed by atoms with van der Waals surface area (Å²) in [5.41, 5.74) is 0. The second-order valence-electron chi connectivity index (χ2n) is 7.05. The van der Waals surface area contributed by atoms with Crippen LogP contribution in [0.2, 0.25) is 12.3 Å². The van der Waals surface area contributed by atoms with Crippen LogP contribution in [0.15, 0.2) is 0 Å². The SMILES string of the molecule is CCC[CH2][Sn]([CH2]CCC)[C](CCC)(CCCC)CCCC. The topological polar surface area (TPSA) is 0 Å². The van der Waals surface area contributed by atoms with Crippen LogP contribution in [0.3, 0.4) is 0 Å². The average molecular weight is 402 g/mol.